The summed E-state index contributed by atoms with van der Waals surface area (Å²) >= 11 is 0. The van der Waals surface area contributed by atoms with Crippen LogP contribution in [0.2, 0.25) is 0 Å². The summed E-state index contributed by atoms with van der Waals surface area (Å²) < 4.78 is 35.5. The van der Waals surface area contributed by atoms with E-state index in [1.807, 2.05) is 0 Å². The molecule has 1 atom stereocenters. The minimum atomic E-state index is -3.98. The lowest BCUT2D eigenvalue weighted by Crippen LogP contribution is -2.30. The third kappa shape index (κ3) is 2.93. The monoisotopic (exact) mass is 250 g/mol. The van der Waals surface area contributed by atoms with Crippen LogP contribution < -0.4 is 0 Å². The fourth-order valence-electron chi connectivity index (χ4n) is 1.87. The summed E-state index contributed by atoms with van der Waals surface area (Å²) in [6.45, 7) is -0.284. The Hall–Kier alpha value is -0.660. The van der Waals surface area contributed by atoms with E-state index in [0.717, 1.165) is 32.1 Å². The molecule has 0 amide bonds. The summed E-state index contributed by atoms with van der Waals surface area (Å²) in [5, 5.41) is 0. The van der Waals surface area contributed by atoms with E-state index >= 15 is 0 Å². The first-order valence-corrected chi connectivity index (χ1v) is 6.68. The summed E-state index contributed by atoms with van der Waals surface area (Å²) in [7, 11) is -3.98. The van der Waals surface area contributed by atoms with Gasteiger partial charge in [-0.25, -0.2) is 13.2 Å². The van der Waals surface area contributed by atoms with Crippen molar-refractivity contribution in [2.24, 2.45) is 0 Å². The quantitative estimate of drug-likeness (QED) is 0.665. The van der Waals surface area contributed by atoms with Crippen molar-refractivity contribution in [3.63, 3.8) is 0 Å². The minimum Gasteiger partial charge on any atom is -0.460 e. The molecule has 6 nitrogen and oxygen atoms in total. The van der Waals surface area contributed by atoms with E-state index in [-0.39, 0.29) is 12.7 Å². The molecule has 92 valence electrons. The van der Waals surface area contributed by atoms with Gasteiger partial charge in [0.15, 0.2) is 0 Å². The number of rotatable bonds is 2. The van der Waals surface area contributed by atoms with Crippen molar-refractivity contribution in [2.75, 3.05) is 6.61 Å². The van der Waals surface area contributed by atoms with Gasteiger partial charge in [0.25, 0.3) is 0 Å². The number of esters is 1. The summed E-state index contributed by atoms with van der Waals surface area (Å²) in [6, 6.07) is 0. The highest BCUT2D eigenvalue weighted by molar-refractivity contribution is 7.82. The molecule has 7 heteroatoms. The molecule has 0 radical (unpaired) electrons. The van der Waals surface area contributed by atoms with Crippen LogP contribution in [0.15, 0.2) is 0 Å². The van der Waals surface area contributed by atoms with Gasteiger partial charge < -0.3 is 4.74 Å². The van der Waals surface area contributed by atoms with Crippen molar-refractivity contribution in [3.05, 3.63) is 0 Å². The van der Waals surface area contributed by atoms with Gasteiger partial charge in [-0.1, -0.05) is 6.42 Å². The van der Waals surface area contributed by atoms with E-state index in [9.17, 15) is 13.2 Å². The van der Waals surface area contributed by atoms with Crippen LogP contribution in [0.1, 0.15) is 32.1 Å². The molecule has 2 rings (SSSR count). The zero-order valence-electron chi connectivity index (χ0n) is 8.76. The molecular formula is C9H14O6S. The number of hydrogen-bond acceptors (Lipinski definition) is 6. The van der Waals surface area contributed by atoms with Crippen LogP contribution >= 0.6 is 0 Å². The first-order valence-electron chi connectivity index (χ1n) is 5.35. The zero-order chi connectivity index (χ0) is 11.6. The minimum absolute atomic E-state index is 0.104. The van der Waals surface area contributed by atoms with Gasteiger partial charge in [0.2, 0.25) is 6.10 Å². The van der Waals surface area contributed by atoms with Crippen LogP contribution in [0, 0.1) is 0 Å². The van der Waals surface area contributed by atoms with E-state index in [4.69, 9.17) is 4.74 Å². The molecule has 1 aliphatic carbocycles. The summed E-state index contributed by atoms with van der Waals surface area (Å²) in [5.74, 6) is -0.645. The first-order chi connectivity index (χ1) is 7.57. The Morgan fingerprint density at radius 1 is 1.19 bits per heavy atom. The molecule has 1 heterocycles. The highest BCUT2D eigenvalue weighted by Crippen LogP contribution is 2.22. The van der Waals surface area contributed by atoms with Crippen molar-refractivity contribution in [2.45, 2.75) is 44.3 Å². The van der Waals surface area contributed by atoms with Crippen LogP contribution in [0.25, 0.3) is 0 Å². The van der Waals surface area contributed by atoms with Crippen LogP contribution in [-0.4, -0.2) is 33.2 Å². The second-order valence-electron chi connectivity index (χ2n) is 3.97. The van der Waals surface area contributed by atoms with E-state index < -0.39 is 22.5 Å². The third-order valence-corrected chi connectivity index (χ3v) is 3.59. The Labute approximate surface area is 94.2 Å². The van der Waals surface area contributed by atoms with E-state index in [0.29, 0.717) is 0 Å². The average molecular weight is 250 g/mol. The Balaban J connectivity index is 1.84. The molecule has 2 fully saturated rings. The van der Waals surface area contributed by atoms with Crippen molar-refractivity contribution in [3.8, 4) is 0 Å². The maximum atomic E-state index is 11.5. The lowest BCUT2D eigenvalue weighted by Gasteiger charge is -2.22. The van der Waals surface area contributed by atoms with E-state index in [1.54, 1.807) is 0 Å². The fraction of sp³-hybridized carbons (Fsp3) is 0.889. The largest absolute Gasteiger partial charge is 0.460 e. The molecule has 0 aromatic rings. The Morgan fingerprint density at radius 2 is 1.88 bits per heavy atom. The molecule has 0 spiro atoms. The topological polar surface area (TPSA) is 78.9 Å². The molecule has 0 N–H and O–H groups in total. The maximum absolute atomic E-state index is 11.5. The second kappa shape index (κ2) is 4.68. The lowest BCUT2D eigenvalue weighted by molar-refractivity contribution is -0.158. The molecule has 1 unspecified atom stereocenters. The molecule has 1 saturated carbocycles. The Kier molecular flexibility index (Phi) is 3.46. The van der Waals surface area contributed by atoms with Gasteiger partial charge in [0.1, 0.15) is 12.7 Å². The molecule has 0 aromatic heterocycles. The molecule has 2 aliphatic rings. The van der Waals surface area contributed by atoms with Crippen LogP contribution in [0.5, 0.6) is 0 Å². The van der Waals surface area contributed by atoms with Crippen LogP contribution in [0.3, 0.4) is 0 Å². The normalized spacial score (nSPS) is 30.1. The van der Waals surface area contributed by atoms with Crippen molar-refractivity contribution < 1.29 is 26.3 Å². The predicted octanol–water partition coefficient (Wildman–Crippen LogP) is 0.522. The van der Waals surface area contributed by atoms with Gasteiger partial charge in [-0.3, -0.25) is 0 Å². The van der Waals surface area contributed by atoms with E-state index in [1.165, 1.54) is 0 Å². The third-order valence-electron chi connectivity index (χ3n) is 2.70. The van der Waals surface area contributed by atoms with Gasteiger partial charge >= 0.3 is 16.4 Å². The van der Waals surface area contributed by atoms with Crippen molar-refractivity contribution >= 4 is 16.4 Å². The highest BCUT2D eigenvalue weighted by atomic mass is 32.3. The SMILES string of the molecule is O=C(OC1CCCCC1)C1COS(=O)(=O)O1. The first kappa shape index (κ1) is 11.8. The highest BCUT2D eigenvalue weighted by Gasteiger charge is 2.37. The Morgan fingerprint density at radius 3 is 2.44 bits per heavy atom. The second-order valence-corrected chi connectivity index (χ2v) is 5.22. The average Bonchev–Trinajstić information content (AvgIpc) is 2.60. The molecule has 1 saturated heterocycles. The van der Waals surface area contributed by atoms with Gasteiger partial charge in [-0.05, 0) is 25.7 Å². The van der Waals surface area contributed by atoms with Crippen LogP contribution in [0.4, 0.5) is 0 Å². The number of hydrogen-bond donors (Lipinski definition) is 0. The van der Waals surface area contributed by atoms with Gasteiger partial charge in [-0.2, -0.15) is 8.42 Å². The van der Waals surface area contributed by atoms with Crippen molar-refractivity contribution in [1.29, 1.82) is 0 Å². The molecule has 16 heavy (non-hydrogen) atoms. The molecule has 0 aromatic carbocycles. The smallest absolute Gasteiger partial charge is 0.400 e. The number of ether oxygens (including phenoxy) is 1. The standard InChI is InChI=1S/C9H14O6S/c10-9(8-6-13-16(11,12)15-8)14-7-4-2-1-3-5-7/h7-8H,1-6H2. The zero-order valence-corrected chi connectivity index (χ0v) is 9.57. The van der Waals surface area contributed by atoms with Gasteiger partial charge in [0.05, 0.1) is 0 Å². The Bertz CT molecular complexity index is 356. The predicted molar refractivity (Wildman–Crippen MR) is 52.7 cm³/mol. The lowest BCUT2D eigenvalue weighted by atomic mass is 9.98. The number of carbonyl (C=O) groups excluding carboxylic acids is 1. The van der Waals surface area contributed by atoms with Crippen LogP contribution in [-0.2, 0) is 28.3 Å². The summed E-state index contributed by atoms with van der Waals surface area (Å²) in [5.41, 5.74) is 0. The van der Waals surface area contributed by atoms with Gasteiger partial charge in [-0.15, -0.1) is 0 Å². The number of carbonyl (C=O) groups is 1. The molecule has 0 bridgehead atoms. The maximum Gasteiger partial charge on any atom is 0.400 e. The fourth-order valence-corrected chi connectivity index (χ4v) is 2.64. The van der Waals surface area contributed by atoms with E-state index in [2.05, 4.69) is 8.37 Å². The molecule has 1 aliphatic heterocycles. The van der Waals surface area contributed by atoms with Crippen molar-refractivity contribution in [1.82, 2.24) is 0 Å². The summed E-state index contributed by atoms with van der Waals surface area (Å²) in [4.78, 5) is 11.5. The molecular weight excluding hydrogens is 236 g/mol. The van der Waals surface area contributed by atoms with Gasteiger partial charge in [0, 0.05) is 0 Å². The summed E-state index contributed by atoms with van der Waals surface area (Å²) in [6.07, 6.45) is 3.68.